The first kappa shape index (κ1) is 29.4. The summed E-state index contributed by atoms with van der Waals surface area (Å²) in [5, 5.41) is 0. The molecule has 212 valence electrons. The third kappa shape index (κ3) is 7.76. The Morgan fingerprint density at radius 1 is 1.00 bits per heavy atom. The van der Waals surface area contributed by atoms with Crippen LogP contribution < -0.4 is 14.2 Å². The van der Waals surface area contributed by atoms with Gasteiger partial charge in [0.1, 0.15) is 5.82 Å². The SMILES string of the molecule is COc1cc(C(=O)N(CC(Br)=Cc2ccc(F)cc2)CC2CCCN2CC2CCCCC2)cc(OC)c1OC. The first-order chi connectivity index (χ1) is 18.9. The molecule has 1 unspecified atom stereocenters. The standard InChI is InChI=1S/C31H40BrFN2O4/c1-37-28-17-24(18-29(38-2)30(28)39-3)31(36)35(20-25(32)16-22-11-13-26(33)14-12-22)21-27-10-7-15-34(27)19-23-8-5-4-6-9-23/h11-14,16-18,23,27H,4-10,15,19-21H2,1-3H3. The van der Waals surface area contributed by atoms with E-state index < -0.39 is 0 Å². The molecule has 1 aliphatic carbocycles. The number of carbonyl (C=O) groups excluding carboxylic acids is 1. The van der Waals surface area contributed by atoms with Gasteiger partial charge in [-0.3, -0.25) is 9.69 Å². The average Bonchev–Trinajstić information content (AvgIpc) is 3.39. The fourth-order valence-corrected chi connectivity index (χ4v) is 6.44. The first-order valence-electron chi connectivity index (χ1n) is 13.9. The minimum absolute atomic E-state index is 0.108. The Morgan fingerprint density at radius 3 is 2.28 bits per heavy atom. The number of rotatable bonds is 11. The molecule has 1 atom stereocenters. The Kier molecular flexibility index (Phi) is 10.7. The van der Waals surface area contributed by atoms with Crippen LogP contribution in [0.25, 0.3) is 6.08 Å². The van der Waals surface area contributed by atoms with Crippen molar-refractivity contribution in [3.63, 3.8) is 0 Å². The maximum absolute atomic E-state index is 14.1. The first-order valence-corrected chi connectivity index (χ1v) is 14.7. The van der Waals surface area contributed by atoms with Crippen LogP contribution in [0.4, 0.5) is 4.39 Å². The molecule has 0 radical (unpaired) electrons. The molecule has 0 spiro atoms. The summed E-state index contributed by atoms with van der Waals surface area (Å²) in [5.74, 6) is 1.71. The number of ether oxygens (including phenoxy) is 3. The lowest BCUT2D eigenvalue weighted by Gasteiger charge is -2.34. The molecule has 0 N–H and O–H groups in total. The molecule has 1 saturated heterocycles. The van der Waals surface area contributed by atoms with Crippen molar-refractivity contribution >= 4 is 27.9 Å². The molecule has 6 nitrogen and oxygen atoms in total. The van der Waals surface area contributed by atoms with Gasteiger partial charge in [-0.25, -0.2) is 4.39 Å². The van der Waals surface area contributed by atoms with Crippen LogP contribution in [-0.4, -0.2) is 69.3 Å². The number of likely N-dealkylation sites (tertiary alicyclic amines) is 1. The van der Waals surface area contributed by atoms with Crippen molar-refractivity contribution in [2.45, 2.75) is 51.0 Å². The lowest BCUT2D eigenvalue weighted by Crippen LogP contribution is -2.45. The minimum Gasteiger partial charge on any atom is -0.493 e. The number of hydrogen-bond acceptors (Lipinski definition) is 5. The third-order valence-electron chi connectivity index (χ3n) is 7.88. The van der Waals surface area contributed by atoms with E-state index in [1.165, 1.54) is 44.2 Å². The van der Waals surface area contributed by atoms with Gasteiger partial charge in [-0.15, -0.1) is 0 Å². The van der Waals surface area contributed by atoms with E-state index in [2.05, 4.69) is 20.8 Å². The van der Waals surface area contributed by atoms with Gasteiger partial charge in [0.2, 0.25) is 5.75 Å². The van der Waals surface area contributed by atoms with Crippen LogP contribution in [-0.2, 0) is 0 Å². The quantitative estimate of drug-likeness (QED) is 0.284. The van der Waals surface area contributed by atoms with E-state index >= 15 is 0 Å². The van der Waals surface area contributed by atoms with Gasteiger partial charge in [0, 0.05) is 29.2 Å². The number of methoxy groups -OCH3 is 3. The second-order valence-corrected chi connectivity index (χ2v) is 11.6. The van der Waals surface area contributed by atoms with Crippen molar-refractivity contribution in [3.05, 3.63) is 57.8 Å². The second kappa shape index (κ2) is 14.2. The Hall–Kier alpha value is -2.58. The summed E-state index contributed by atoms with van der Waals surface area (Å²) in [6, 6.07) is 10.1. The third-order valence-corrected chi connectivity index (χ3v) is 8.36. The molecule has 0 bridgehead atoms. The van der Waals surface area contributed by atoms with Crippen LogP contribution in [0, 0.1) is 11.7 Å². The summed E-state index contributed by atoms with van der Waals surface area (Å²) in [4.78, 5) is 18.6. The average molecular weight is 604 g/mol. The van der Waals surface area contributed by atoms with Gasteiger partial charge in [0.25, 0.3) is 5.91 Å². The summed E-state index contributed by atoms with van der Waals surface area (Å²) in [5.41, 5.74) is 1.34. The fourth-order valence-electron chi connectivity index (χ4n) is 5.87. The van der Waals surface area contributed by atoms with Crippen molar-refractivity contribution in [1.82, 2.24) is 9.80 Å². The molecule has 1 heterocycles. The normalized spacial score (nSPS) is 18.7. The summed E-state index contributed by atoms with van der Waals surface area (Å²) >= 11 is 3.69. The van der Waals surface area contributed by atoms with Gasteiger partial charge in [-0.05, 0) is 74.1 Å². The van der Waals surface area contributed by atoms with Gasteiger partial charge in [-0.1, -0.05) is 47.3 Å². The monoisotopic (exact) mass is 602 g/mol. The van der Waals surface area contributed by atoms with Gasteiger partial charge < -0.3 is 19.1 Å². The smallest absolute Gasteiger partial charge is 0.254 e. The van der Waals surface area contributed by atoms with E-state index in [4.69, 9.17) is 14.2 Å². The van der Waals surface area contributed by atoms with Crippen LogP contribution in [0.2, 0.25) is 0 Å². The highest BCUT2D eigenvalue weighted by Gasteiger charge is 2.31. The highest BCUT2D eigenvalue weighted by atomic mass is 79.9. The predicted molar refractivity (Wildman–Crippen MR) is 156 cm³/mol. The van der Waals surface area contributed by atoms with Gasteiger partial charge in [0.05, 0.1) is 27.9 Å². The highest BCUT2D eigenvalue weighted by molar-refractivity contribution is 9.11. The van der Waals surface area contributed by atoms with Crippen LogP contribution in [0.15, 0.2) is 40.9 Å². The van der Waals surface area contributed by atoms with Crippen molar-refractivity contribution in [3.8, 4) is 17.2 Å². The molecule has 1 aliphatic heterocycles. The summed E-state index contributed by atoms with van der Waals surface area (Å²) in [6.07, 6.45) is 10.8. The van der Waals surface area contributed by atoms with E-state index in [0.717, 1.165) is 41.9 Å². The summed E-state index contributed by atoms with van der Waals surface area (Å²) in [7, 11) is 4.65. The maximum Gasteiger partial charge on any atom is 0.254 e. The number of amides is 1. The van der Waals surface area contributed by atoms with Crippen molar-refractivity contribution in [2.24, 2.45) is 5.92 Å². The molecule has 0 aromatic heterocycles. The molecule has 2 fully saturated rings. The molecule has 8 heteroatoms. The molecule has 1 amide bonds. The Labute approximate surface area is 240 Å². The summed E-state index contributed by atoms with van der Waals surface area (Å²) < 4.78 is 30.8. The number of halogens is 2. The largest absolute Gasteiger partial charge is 0.493 e. The van der Waals surface area contributed by atoms with Crippen LogP contribution >= 0.6 is 15.9 Å². The summed E-state index contributed by atoms with van der Waals surface area (Å²) in [6.45, 7) is 3.21. The highest BCUT2D eigenvalue weighted by Crippen LogP contribution is 2.39. The molecular formula is C31H40BrFN2O4. The molecule has 39 heavy (non-hydrogen) atoms. The maximum atomic E-state index is 14.1. The number of benzene rings is 2. The lowest BCUT2D eigenvalue weighted by molar-refractivity contribution is 0.0713. The van der Waals surface area contributed by atoms with E-state index in [9.17, 15) is 9.18 Å². The van der Waals surface area contributed by atoms with Crippen LogP contribution in [0.1, 0.15) is 60.9 Å². The Morgan fingerprint density at radius 2 is 1.67 bits per heavy atom. The van der Waals surface area contributed by atoms with Crippen LogP contribution in [0.3, 0.4) is 0 Å². The molecule has 2 aliphatic rings. The van der Waals surface area contributed by atoms with E-state index in [1.807, 2.05) is 11.0 Å². The Bertz CT molecular complexity index is 1110. The zero-order valence-electron chi connectivity index (χ0n) is 23.3. The van der Waals surface area contributed by atoms with Crippen molar-refractivity contribution < 1.29 is 23.4 Å². The van der Waals surface area contributed by atoms with E-state index in [1.54, 1.807) is 45.6 Å². The Balaban J connectivity index is 1.59. The van der Waals surface area contributed by atoms with Crippen molar-refractivity contribution in [2.75, 3.05) is 47.5 Å². The number of nitrogens with zero attached hydrogens (tertiary/aromatic N) is 2. The predicted octanol–water partition coefficient (Wildman–Crippen LogP) is 6.77. The molecule has 1 saturated carbocycles. The molecule has 2 aromatic carbocycles. The number of carbonyl (C=O) groups is 1. The molecule has 2 aromatic rings. The van der Waals surface area contributed by atoms with Gasteiger partial charge in [-0.2, -0.15) is 0 Å². The minimum atomic E-state index is -0.276. The van der Waals surface area contributed by atoms with E-state index in [-0.39, 0.29) is 11.7 Å². The van der Waals surface area contributed by atoms with Gasteiger partial charge in [0.15, 0.2) is 11.5 Å². The second-order valence-electron chi connectivity index (χ2n) is 10.5. The molecule has 4 rings (SSSR count). The van der Waals surface area contributed by atoms with E-state index in [0.29, 0.717) is 41.9 Å². The fraction of sp³-hybridized carbons (Fsp3) is 0.516. The zero-order valence-corrected chi connectivity index (χ0v) is 24.8. The van der Waals surface area contributed by atoms with Gasteiger partial charge >= 0.3 is 0 Å². The molecular weight excluding hydrogens is 563 g/mol. The van der Waals surface area contributed by atoms with Crippen LogP contribution in [0.5, 0.6) is 17.2 Å². The van der Waals surface area contributed by atoms with Crippen molar-refractivity contribution in [1.29, 1.82) is 0 Å². The zero-order chi connectivity index (χ0) is 27.8. The topological polar surface area (TPSA) is 51.2 Å². The number of hydrogen-bond donors (Lipinski definition) is 0. The lowest BCUT2D eigenvalue weighted by atomic mass is 9.89.